The normalized spacial score (nSPS) is 15.1. The second-order valence-corrected chi connectivity index (χ2v) is 4.12. The zero-order chi connectivity index (χ0) is 10.7. The fourth-order valence-electron chi connectivity index (χ4n) is 1.26. The first-order chi connectivity index (χ1) is 6.56. The van der Waals surface area contributed by atoms with Crippen molar-refractivity contribution >= 4 is 15.9 Å². The van der Waals surface area contributed by atoms with E-state index in [0.717, 1.165) is 4.47 Å². The topological polar surface area (TPSA) is 66.5 Å². The molecular weight excluding hydrogens is 246 g/mol. The summed E-state index contributed by atoms with van der Waals surface area (Å²) in [6.45, 7) is 1.85. The molecule has 78 valence electrons. The Hall–Kier alpha value is -0.580. The van der Waals surface area contributed by atoms with E-state index in [1.54, 1.807) is 18.2 Å². The number of hydrogen-bond donors (Lipinski definition) is 3. The van der Waals surface area contributed by atoms with Crippen LogP contribution < -0.4 is 5.73 Å². The Kier molecular flexibility index (Phi) is 3.92. The molecule has 0 saturated carbocycles. The minimum Gasteiger partial charge on any atom is -0.508 e. The number of nitrogens with two attached hydrogens (primary N) is 1. The summed E-state index contributed by atoms with van der Waals surface area (Å²) in [4.78, 5) is 0. The molecule has 3 nitrogen and oxygen atoms in total. The number of phenolic OH excluding ortho intramolecular Hbond substituents is 1. The quantitative estimate of drug-likeness (QED) is 0.777. The maximum Gasteiger partial charge on any atom is 0.121 e. The van der Waals surface area contributed by atoms with E-state index in [1.165, 1.54) is 0 Å². The van der Waals surface area contributed by atoms with Crippen molar-refractivity contribution in [2.24, 2.45) is 5.73 Å². The molecule has 1 aromatic rings. The number of aromatic hydroxyl groups is 1. The monoisotopic (exact) mass is 259 g/mol. The molecule has 0 radical (unpaired) electrons. The van der Waals surface area contributed by atoms with E-state index < -0.39 is 12.1 Å². The summed E-state index contributed by atoms with van der Waals surface area (Å²) in [5.41, 5.74) is 6.35. The fraction of sp³-hybridized carbons (Fsp3) is 0.400. The van der Waals surface area contributed by atoms with E-state index in [4.69, 9.17) is 5.73 Å². The Morgan fingerprint density at radius 1 is 1.50 bits per heavy atom. The highest BCUT2D eigenvalue weighted by Crippen LogP contribution is 2.28. The van der Waals surface area contributed by atoms with Gasteiger partial charge >= 0.3 is 0 Å². The maximum atomic E-state index is 9.59. The molecule has 1 aromatic carbocycles. The van der Waals surface area contributed by atoms with E-state index >= 15 is 0 Å². The van der Waals surface area contributed by atoms with Crippen LogP contribution in [0.3, 0.4) is 0 Å². The summed E-state index contributed by atoms with van der Waals surface area (Å²) >= 11 is 3.24. The van der Waals surface area contributed by atoms with Crippen LogP contribution >= 0.6 is 15.9 Å². The van der Waals surface area contributed by atoms with Crippen LogP contribution in [0.15, 0.2) is 22.7 Å². The van der Waals surface area contributed by atoms with E-state index in [2.05, 4.69) is 15.9 Å². The highest BCUT2D eigenvalue weighted by molar-refractivity contribution is 9.10. The molecule has 1 rings (SSSR count). The van der Waals surface area contributed by atoms with Crippen LogP contribution in [0.4, 0.5) is 0 Å². The first kappa shape index (κ1) is 11.5. The Balaban J connectivity index is 2.95. The SMILES string of the molecule is CC[C@H](O)[C@H](N)c1ccc(Br)cc1O. The highest BCUT2D eigenvalue weighted by Gasteiger charge is 2.17. The van der Waals surface area contributed by atoms with Gasteiger partial charge in [0.2, 0.25) is 0 Å². The minimum absolute atomic E-state index is 0.111. The van der Waals surface area contributed by atoms with Gasteiger partial charge in [0.15, 0.2) is 0 Å². The number of benzene rings is 1. The second-order valence-electron chi connectivity index (χ2n) is 3.20. The van der Waals surface area contributed by atoms with E-state index in [-0.39, 0.29) is 5.75 Å². The van der Waals surface area contributed by atoms with Crippen LogP contribution in [0, 0.1) is 0 Å². The molecule has 0 spiro atoms. The molecule has 2 atom stereocenters. The molecule has 0 aliphatic carbocycles. The van der Waals surface area contributed by atoms with E-state index in [0.29, 0.717) is 12.0 Å². The van der Waals surface area contributed by atoms with Gasteiger partial charge in [-0.05, 0) is 18.6 Å². The van der Waals surface area contributed by atoms with E-state index in [9.17, 15) is 10.2 Å². The van der Waals surface area contributed by atoms with Gasteiger partial charge in [-0.1, -0.05) is 28.9 Å². The number of rotatable bonds is 3. The molecule has 4 heteroatoms. The van der Waals surface area contributed by atoms with Gasteiger partial charge in [-0.15, -0.1) is 0 Å². The molecule has 14 heavy (non-hydrogen) atoms. The van der Waals surface area contributed by atoms with Gasteiger partial charge in [0, 0.05) is 10.0 Å². The molecule has 0 heterocycles. The predicted molar refractivity (Wildman–Crippen MR) is 59.0 cm³/mol. The number of aliphatic hydroxyl groups is 1. The summed E-state index contributed by atoms with van der Waals surface area (Å²) in [6.07, 6.45) is -0.0569. The van der Waals surface area contributed by atoms with Crippen molar-refractivity contribution in [2.45, 2.75) is 25.5 Å². The molecule has 0 aromatic heterocycles. The third-order valence-electron chi connectivity index (χ3n) is 2.18. The van der Waals surface area contributed by atoms with Crippen molar-refractivity contribution in [3.63, 3.8) is 0 Å². The molecule has 0 amide bonds. The third-order valence-corrected chi connectivity index (χ3v) is 2.68. The van der Waals surface area contributed by atoms with Gasteiger partial charge in [0.25, 0.3) is 0 Å². The molecule has 4 N–H and O–H groups in total. The number of phenols is 1. The average Bonchev–Trinajstić information content (AvgIpc) is 2.15. The maximum absolute atomic E-state index is 9.59. The lowest BCUT2D eigenvalue weighted by Gasteiger charge is -2.18. The summed E-state index contributed by atoms with van der Waals surface area (Å²) in [7, 11) is 0. The highest BCUT2D eigenvalue weighted by atomic mass is 79.9. The summed E-state index contributed by atoms with van der Waals surface area (Å²) in [5.74, 6) is 0.111. The Labute approximate surface area is 91.7 Å². The summed E-state index contributed by atoms with van der Waals surface area (Å²) in [6, 6.07) is 4.53. The molecule has 0 saturated heterocycles. The summed E-state index contributed by atoms with van der Waals surface area (Å²) < 4.78 is 0.789. The van der Waals surface area contributed by atoms with Crippen LogP contribution in [0.5, 0.6) is 5.75 Å². The number of hydrogen-bond acceptors (Lipinski definition) is 3. The molecule has 0 unspecified atom stereocenters. The van der Waals surface area contributed by atoms with Crippen molar-refractivity contribution in [3.8, 4) is 5.75 Å². The van der Waals surface area contributed by atoms with Gasteiger partial charge in [0.1, 0.15) is 5.75 Å². The van der Waals surface area contributed by atoms with Gasteiger partial charge in [-0.3, -0.25) is 0 Å². The van der Waals surface area contributed by atoms with Crippen LogP contribution in [0.1, 0.15) is 24.9 Å². The van der Waals surface area contributed by atoms with Crippen LogP contribution in [-0.2, 0) is 0 Å². The number of aliphatic hydroxyl groups excluding tert-OH is 1. The van der Waals surface area contributed by atoms with Crippen LogP contribution in [-0.4, -0.2) is 16.3 Å². The molecule has 0 bridgehead atoms. The second kappa shape index (κ2) is 4.77. The van der Waals surface area contributed by atoms with Crippen molar-refractivity contribution in [1.29, 1.82) is 0 Å². The Bertz CT molecular complexity index is 317. The third kappa shape index (κ3) is 2.47. The van der Waals surface area contributed by atoms with Crippen molar-refractivity contribution in [3.05, 3.63) is 28.2 Å². The largest absolute Gasteiger partial charge is 0.508 e. The Morgan fingerprint density at radius 3 is 2.64 bits per heavy atom. The molecule has 0 aliphatic heterocycles. The van der Waals surface area contributed by atoms with Gasteiger partial charge < -0.3 is 15.9 Å². The fourth-order valence-corrected chi connectivity index (χ4v) is 1.61. The van der Waals surface area contributed by atoms with Gasteiger partial charge in [-0.25, -0.2) is 0 Å². The lowest BCUT2D eigenvalue weighted by Crippen LogP contribution is -2.25. The molecule has 0 fully saturated rings. The smallest absolute Gasteiger partial charge is 0.121 e. The summed E-state index contributed by atoms with van der Waals surface area (Å²) in [5, 5.41) is 19.1. The van der Waals surface area contributed by atoms with Crippen molar-refractivity contribution in [1.82, 2.24) is 0 Å². The zero-order valence-electron chi connectivity index (χ0n) is 7.94. The first-order valence-electron chi connectivity index (χ1n) is 4.48. The predicted octanol–water partition coefficient (Wildman–Crippen LogP) is 1.93. The van der Waals surface area contributed by atoms with E-state index in [1.807, 2.05) is 6.92 Å². The lowest BCUT2D eigenvalue weighted by atomic mass is 10.00. The van der Waals surface area contributed by atoms with Crippen LogP contribution in [0.2, 0.25) is 0 Å². The average molecular weight is 260 g/mol. The molecular formula is C10H14BrNO2. The standard InChI is InChI=1S/C10H14BrNO2/c1-2-8(13)10(12)7-4-3-6(11)5-9(7)14/h3-5,8,10,13-14H,2,12H2,1H3/t8-,10+/m0/s1. The van der Waals surface area contributed by atoms with Crippen LogP contribution in [0.25, 0.3) is 0 Å². The Morgan fingerprint density at radius 2 is 2.14 bits per heavy atom. The lowest BCUT2D eigenvalue weighted by molar-refractivity contribution is 0.139. The van der Waals surface area contributed by atoms with Crippen molar-refractivity contribution in [2.75, 3.05) is 0 Å². The van der Waals surface area contributed by atoms with Gasteiger partial charge in [0.05, 0.1) is 12.1 Å². The zero-order valence-corrected chi connectivity index (χ0v) is 9.53. The van der Waals surface area contributed by atoms with Crippen molar-refractivity contribution < 1.29 is 10.2 Å². The number of halogens is 1. The minimum atomic E-state index is -0.623. The first-order valence-corrected chi connectivity index (χ1v) is 5.27. The molecule has 0 aliphatic rings. The van der Waals surface area contributed by atoms with Gasteiger partial charge in [-0.2, -0.15) is 0 Å².